The molecule has 2 aromatic heterocycles. The fourth-order valence-corrected chi connectivity index (χ4v) is 10.1. The van der Waals surface area contributed by atoms with Crippen molar-refractivity contribution >= 4 is 47.3 Å². The number of likely N-dealkylation sites (tertiary alicyclic amines) is 1. The van der Waals surface area contributed by atoms with Gasteiger partial charge >= 0.3 is 0 Å². The van der Waals surface area contributed by atoms with E-state index in [1.165, 1.54) is 0 Å². The van der Waals surface area contributed by atoms with Crippen molar-refractivity contribution < 1.29 is 28.8 Å². The number of amides is 6. The minimum atomic E-state index is -0.954. The van der Waals surface area contributed by atoms with Gasteiger partial charge in [0.15, 0.2) is 11.5 Å². The minimum absolute atomic E-state index is 0.0458. The van der Waals surface area contributed by atoms with Crippen molar-refractivity contribution in [2.24, 2.45) is 5.92 Å². The number of aryl methyl sites for hydroxylation is 1. The Hall–Kier alpha value is -5.87. The number of hydrogen-bond acceptors (Lipinski definition) is 12. The van der Waals surface area contributed by atoms with Crippen molar-refractivity contribution in [1.82, 2.24) is 45.4 Å². The lowest BCUT2D eigenvalue weighted by Gasteiger charge is -2.43. The summed E-state index contributed by atoms with van der Waals surface area (Å²) >= 11 is 0. The zero-order valence-electron chi connectivity index (χ0n) is 37.4. The quantitative estimate of drug-likeness (QED) is 0.113. The van der Waals surface area contributed by atoms with Crippen LogP contribution in [0.25, 0.3) is 6.08 Å². The summed E-state index contributed by atoms with van der Waals surface area (Å²) in [6.45, 7) is 9.18. The number of carbonyl (C=O) groups is 6. The van der Waals surface area contributed by atoms with Crippen LogP contribution in [0.3, 0.4) is 0 Å². The number of hydrogen-bond donors (Lipinski definition) is 2. The zero-order chi connectivity index (χ0) is 45.1. The van der Waals surface area contributed by atoms with Crippen LogP contribution in [0.1, 0.15) is 119 Å². The van der Waals surface area contributed by atoms with Gasteiger partial charge in [-0.25, -0.2) is 0 Å². The van der Waals surface area contributed by atoms with Crippen LogP contribution in [-0.4, -0.2) is 148 Å². The number of aromatic nitrogens is 3. The third kappa shape index (κ3) is 11.5. The van der Waals surface area contributed by atoms with E-state index in [0.717, 1.165) is 145 Å². The maximum atomic E-state index is 13.4. The van der Waals surface area contributed by atoms with Gasteiger partial charge in [-0.2, -0.15) is 0 Å². The third-order valence-electron chi connectivity index (χ3n) is 13.9. The van der Waals surface area contributed by atoms with E-state index in [2.05, 4.69) is 40.5 Å². The fourth-order valence-electron chi connectivity index (χ4n) is 10.1. The van der Waals surface area contributed by atoms with E-state index < -0.39 is 23.8 Å². The number of fused-ring (bicyclic) bond motifs is 1. The first-order valence-corrected chi connectivity index (χ1v) is 23.8. The number of benzene rings is 1. The average Bonchev–Trinajstić information content (AvgIpc) is 3.59. The SMILES string of the molecule is O=C(/C=C/c1cccnc1)NCCCCC1CCN(C(=O)c2ccc(N3CCC(N4CCN(CCCCCc5cccc6c5C(=O)N(C5CCC(=O)NC5=O)C6=O)CC4)CC3)nn2)CC1. The third-order valence-corrected chi connectivity index (χ3v) is 13.9. The number of nitrogens with zero attached hydrogens (tertiary/aromatic N) is 8. The maximum Gasteiger partial charge on any atom is 0.274 e. The smallest absolute Gasteiger partial charge is 0.274 e. The molecule has 0 bridgehead atoms. The van der Waals surface area contributed by atoms with Gasteiger partial charge in [-0.3, -0.25) is 48.9 Å². The standard InChI is InChI=1S/C49H62N10O6/c60-43(17-13-36-9-7-23-50-34-36)51-24-4-3-8-35-19-26-58(27-20-35)48(64)40-14-16-42(54-53-40)57-28-21-38(22-29-57)56-32-30-55(31-33-56)25-5-1-2-10-37-11-6-12-39-45(37)49(65)59(47(39)63)41-15-18-44(61)52-46(41)62/h6-7,9,11-14,16-17,23,34-35,38,41H,1-5,8,10,15,18-22,24-33H2,(H,51,60)(H,52,61,62)/b17-13+. The Balaban J connectivity index is 0.676. The van der Waals surface area contributed by atoms with E-state index in [1.807, 2.05) is 35.2 Å². The first-order chi connectivity index (χ1) is 31.7. The molecule has 65 heavy (non-hydrogen) atoms. The number of imide groups is 2. The molecule has 3 aromatic rings. The lowest BCUT2D eigenvalue weighted by molar-refractivity contribution is -0.136. The second kappa shape index (κ2) is 21.9. The molecule has 1 aromatic carbocycles. The van der Waals surface area contributed by atoms with Crippen LogP contribution in [-0.2, 0) is 20.8 Å². The second-order valence-corrected chi connectivity index (χ2v) is 18.1. The van der Waals surface area contributed by atoms with E-state index in [1.54, 1.807) is 36.7 Å². The predicted molar refractivity (Wildman–Crippen MR) is 245 cm³/mol. The average molecular weight is 887 g/mol. The van der Waals surface area contributed by atoms with Gasteiger partial charge in [0.1, 0.15) is 6.04 Å². The topological polar surface area (TPSA) is 181 Å². The Morgan fingerprint density at radius 1 is 0.785 bits per heavy atom. The lowest BCUT2D eigenvalue weighted by atomic mass is 9.91. The summed E-state index contributed by atoms with van der Waals surface area (Å²) in [4.78, 5) is 90.6. The lowest BCUT2D eigenvalue weighted by Crippen LogP contribution is -2.54. The van der Waals surface area contributed by atoms with Gasteiger partial charge in [-0.05, 0) is 112 Å². The van der Waals surface area contributed by atoms with Crippen molar-refractivity contribution in [1.29, 1.82) is 0 Å². The molecule has 0 radical (unpaired) electrons. The van der Waals surface area contributed by atoms with E-state index in [-0.39, 0.29) is 30.6 Å². The van der Waals surface area contributed by atoms with Gasteiger partial charge in [-0.15, -0.1) is 10.2 Å². The Labute approximate surface area is 381 Å². The summed E-state index contributed by atoms with van der Waals surface area (Å²) in [6, 6.07) is 12.5. The van der Waals surface area contributed by atoms with Gasteiger partial charge in [0.25, 0.3) is 17.7 Å². The highest BCUT2D eigenvalue weighted by molar-refractivity contribution is 6.24. The van der Waals surface area contributed by atoms with Crippen molar-refractivity contribution in [2.45, 2.75) is 95.6 Å². The number of anilines is 1. The summed E-state index contributed by atoms with van der Waals surface area (Å²) < 4.78 is 0. The highest BCUT2D eigenvalue weighted by Gasteiger charge is 2.45. The molecule has 2 N–H and O–H groups in total. The summed E-state index contributed by atoms with van der Waals surface area (Å²) in [5, 5.41) is 14.1. The first kappa shape index (κ1) is 45.7. The van der Waals surface area contributed by atoms with Crippen molar-refractivity contribution in [3.63, 3.8) is 0 Å². The molecule has 5 aliphatic heterocycles. The Bertz CT molecular complexity index is 2200. The molecule has 4 saturated heterocycles. The molecule has 4 fully saturated rings. The van der Waals surface area contributed by atoms with Crippen LogP contribution in [0.15, 0.2) is 60.9 Å². The molecule has 8 rings (SSSR count). The van der Waals surface area contributed by atoms with E-state index in [9.17, 15) is 28.8 Å². The Morgan fingerprint density at radius 2 is 1.60 bits per heavy atom. The number of piperazine rings is 1. The highest BCUT2D eigenvalue weighted by atomic mass is 16.2. The monoisotopic (exact) mass is 886 g/mol. The molecule has 0 saturated carbocycles. The van der Waals surface area contributed by atoms with Crippen LogP contribution < -0.4 is 15.5 Å². The molecule has 0 spiro atoms. The zero-order valence-corrected chi connectivity index (χ0v) is 37.4. The van der Waals surface area contributed by atoms with Gasteiger partial charge in [-0.1, -0.05) is 37.5 Å². The number of nitrogens with one attached hydrogen (secondary N) is 2. The number of piperidine rings is 3. The Morgan fingerprint density at radius 3 is 2.34 bits per heavy atom. The second-order valence-electron chi connectivity index (χ2n) is 18.1. The molecule has 6 amide bonds. The molecule has 16 nitrogen and oxygen atoms in total. The molecular weight excluding hydrogens is 825 g/mol. The molecule has 0 aliphatic carbocycles. The number of rotatable bonds is 17. The number of carbonyl (C=O) groups excluding carboxylic acids is 6. The molecular formula is C49H62N10O6. The van der Waals surface area contributed by atoms with E-state index >= 15 is 0 Å². The first-order valence-electron chi connectivity index (χ1n) is 23.8. The molecule has 1 unspecified atom stereocenters. The molecule has 16 heteroatoms. The Kier molecular flexibility index (Phi) is 15.4. The van der Waals surface area contributed by atoms with Gasteiger partial charge in [0, 0.05) is 89.8 Å². The summed E-state index contributed by atoms with van der Waals surface area (Å²) in [7, 11) is 0. The normalized spacial score (nSPS) is 20.4. The van der Waals surface area contributed by atoms with Crippen LogP contribution in [0.4, 0.5) is 5.82 Å². The van der Waals surface area contributed by atoms with Crippen LogP contribution >= 0.6 is 0 Å². The van der Waals surface area contributed by atoms with Gasteiger partial charge < -0.3 is 20.0 Å². The maximum absolute atomic E-state index is 13.4. The number of pyridine rings is 1. The van der Waals surface area contributed by atoms with E-state index in [0.29, 0.717) is 41.7 Å². The number of unbranched alkanes of at least 4 members (excludes halogenated alkanes) is 3. The largest absolute Gasteiger partial charge is 0.355 e. The van der Waals surface area contributed by atoms with Gasteiger partial charge in [0.2, 0.25) is 17.7 Å². The van der Waals surface area contributed by atoms with Crippen LogP contribution in [0.5, 0.6) is 0 Å². The van der Waals surface area contributed by atoms with Crippen LogP contribution in [0, 0.1) is 5.92 Å². The molecule has 344 valence electrons. The van der Waals surface area contributed by atoms with E-state index in [4.69, 9.17) is 0 Å². The fraction of sp³-hybridized carbons (Fsp3) is 0.531. The van der Waals surface area contributed by atoms with Crippen molar-refractivity contribution in [3.8, 4) is 0 Å². The summed E-state index contributed by atoms with van der Waals surface area (Å²) in [5.74, 6) is -0.594. The minimum Gasteiger partial charge on any atom is -0.355 e. The summed E-state index contributed by atoms with van der Waals surface area (Å²) in [6.07, 6.45) is 17.8. The predicted octanol–water partition coefficient (Wildman–Crippen LogP) is 4.12. The summed E-state index contributed by atoms with van der Waals surface area (Å²) in [5.41, 5.74) is 2.89. The van der Waals surface area contributed by atoms with Crippen LogP contribution in [0.2, 0.25) is 0 Å². The molecule has 1 atom stereocenters. The highest BCUT2D eigenvalue weighted by Crippen LogP contribution is 2.31. The van der Waals surface area contributed by atoms with Crippen molar-refractivity contribution in [2.75, 3.05) is 70.3 Å². The van der Waals surface area contributed by atoms with Crippen molar-refractivity contribution in [3.05, 3.63) is 88.9 Å². The molecule has 5 aliphatic rings. The van der Waals surface area contributed by atoms with Gasteiger partial charge in [0.05, 0.1) is 11.1 Å². The molecule has 7 heterocycles.